The maximum atomic E-state index is 6.25. The zero-order valence-corrected chi connectivity index (χ0v) is 14.6. The van der Waals surface area contributed by atoms with Crippen molar-refractivity contribution in [1.82, 2.24) is 10.4 Å². The molecule has 0 aliphatic carbocycles. The summed E-state index contributed by atoms with van der Waals surface area (Å²) in [5.74, 6) is 5.69. The molecule has 0 saturated carbocycles. The molecule has 0 amide bonds. The molecule has 1 unspecified atom stereocenters. The third-order valence-corrected chi connectivity index (χ3v) is 4.67. The molecule has 0 spiro atoms. The van der Waals surface area contributed by atoms with Gasteiger partial charge in [0, 0.05) is 27.3 Å². The van der Waals surface area contributed by atoms with Crippen LogP contribution in [-0.2, 0) is 11.8 Å². The van der Waals surface area contributed by atoms with Gasteiger partial charge in [-0.05, 0) is 17.7 Å². The number of nitrogens with zero attached hydrogens (tertiary/aromatic N) is 1. The number of thiazole rings is 1. The smallest absolute Gasteiger partial charge is 0.0948 e. The molecule has 1 aromatic carbocycles. The van der Waals surface area contributed by atoms with E-state index in [4.69, 9.17) is 34.0 Å². The first-order valence-electron chi connectivity index (χ1n) is 6.67. The van der Waals surface area contributed by atoms with Crippen LogP contribution < -0.4 is 11.3 Å². The van der Waals surface area contributed by atoms with Gasteiger partial charge >= 0.3 is 0 Å². The van der Waals surface area contributed by atoms with E-state index >= 15 is 0 Å². The molecule has 3 N–H and O–H groups in total. The van der Waals surface area contributed by atoms with E-state index in [0.717, 1.165) is 16.3 Å². The lowest BCUT2D eigenvalue weighted by molar-refractivity contribution is 0.541. The van der Waals surface area contributed by atoms with Gasteiger partial charge in [-0.25, -0.2) is 4.98 Å². The SMILES string of the molecule is CC(C)(C)c1csc(CC(NN)c2ccc(Cl)cc2Cl)n1. The molecule has 0 saturated heterocycles. The maximum Gasteiger partial charge on any atom is 0.0948 e. The average molecular weight is 344 g/mol. The summed E-state index contributed by atoms with van der Waals surface area (Å²) >= 11 is 13.8. The van der Waals surface area contributed by atoms with Crippen LogP contribution in [0, 0.1) is 0 Å². The Bertz CT molecular complexity index is 620. The van der Waals surface area contributed by atoms with Gasteiger partial charge in [-0.1, -0.05) is 50.0 Å². The van der Waals surface area contributed by atoms with E-state index in [0.29, 0.717) is 16.5 Å². The lowest BCUT2D eigenvalue weighted by Crippen LogP contribution is -2.29. The highest BCUT2D eigenvalue weighted by atomic mass is 35.5. The van der Waals surface area contributed by atoms with Crippen LogP contribution in [0.25, 0.3) is 0 Å². The minimum absolute atomic E-state index is 0.0539. The van der Waals surface area contributed by atoms with Crippen molar-refractivity contribution in [2.75, 3.05) is 0 Å². The number of benzene rings is 1. The van der Waals surface area contributed by atoms with Gasteiger partial charge in [0.1, 0.15) is 0 Å². The molecule has 0 fully saturated rings. The van der Waals surface area contributed by atoms with E-state index in [9.17, 15) is 0 Å². The normalized spacial score (nSPS) is 13.4. The van der Waals surface area contributed by atoms with Crippen molar-refractivity contribution in [2.24, 2.45) is 5.84 Å². The highest BCUT2D eigenvalue weighted by molar-refractivity contribution is 7.09. The van der Waals surface area contributed by atoms with Gasteiger partial charge in [-0.2, -0.15) is 0 Å². The van der Waals surface area contributed by atoms with E-state index in [1.54, 1.807) is 17.4 Å². The summed E-state index contributed by atoms with van der Waals surface area (Å²) in [5, 5.41) is 4.36. The number of aromatic nitrogens is 1. The Kier molecular flexibility index (Phi) is 5.28. The number of hydrogen-bond donors (Lipinski definition) is 2. The Balaban J connectivity index is 2.21. The zero-order chi connectivity index (χ0) is 15.6. The highest BCUT2D eigenvalue weighted by Crippen LogP contribution is 2.30. The lowest BCUT2D eigenvalue weighted by atomic mass is 9.93. The molecule has 1 heterocycles. The van der Waals surface area contributed by atoms with Crippen LogP contribution in [0.15, 0.2) is 23.6 Å². The first kappa shape index (κ1) is 16.7. The van der Waals surface area contributed by atoms with Gasteiger partial charge in [-0.3, -0.25) is 11.3 Å². The van der Waals surface area contributed by atoms with Crippen molar-refractivity contribution in [3.63, 3.8) is 0 Å². The molecule has 3 nitrogen and oxygen atoms in total. The van der Waals surface area contributed by atoms with Crippen molar-refractivity contribution in [3.05, 3.63) is 49.9 Å². The first-order chi connectivity index (χ1) is 9.81. The molecule has 6 heteroatoms. The Labute approximate surface area is 139 Å². The van der Waals surface area contributed by atoms with Crippen molar-refractivity contribution >= 4 is 34.5 Å². The standard InChI is InChI=1S/C15H19Cl2N3S/c1-15(2,3)13-8-21-14(19-13)7-12(20-18)10-5-4-9(16)6-11(10)17/h4-6,8,12,20H,7,18H2,1-3H3. The van der Waals surface area contributed by atoms with Gasteiger partial charge in [0.05, 0.1) is 16.7 Å². The fraction of sp³-hybridized carbons (Fsp3) is 0.400. The summed E-state index contributed by atoms with van der Waals surface area (Å²) in [4.78, 5) is 4.70. The molecular formula is C15H19Cl2N3S. The average Bonchev–Trinajstić information content (AvgIpc) is 2.85. The zero-order valence-electron chi connectivity index (χ0n) is 12.3. The third-order valence-electron chi connectivity index (χ3n) is 3.24. The fourth-order valence-electron chi connectivity index (χ4n) is 1.97. The number of nitrogens with two attached hydrogens (primary N) is 1. The molecule has 1 aromatic heterocycles. The second-order valence-corrected chi connectivity index (χ2v) is 7.75. The van der Waals surface area contributed by atoms with Crippen LogP contribution in [-0.4, -0.2) is 4.98 Å². The predicted molar refractivity (Wildman–Crippen MR) is 91.0 cm³/mol. The summed E-state index contributed by atoms with van der Waals surface area (Å²) in [6, 6.07) is 5.35. The van der Waals surface area contributed by atoms with Gasteiger partial charge in [-0.15, -0.1) is 11.3 Å². The predicted octanol–water partition coefficient (Wildman–Crippen LogP) is 4.49. The van der Waals surface area contributed by atoms with Crippen LogP contribution in [0.5, 0.6) is 0 Å². The summed E-state index contributed by atoms with van der Waals surface area (Å²) in [5.41, 5.74) is 4.89. The second kappa shape index (κ2) is 6.63. The molecule has 2 rings (SSSR count). The number of hydrogen-bond acceptors (Lipinski definition) is 4. The Morgan fingerprint density at radius 1 is 1.33 bits per heavy atom. The van der Waals surface area contributed by atoms with Crippen molar-refractivity contribution in [2.45, 2.75) is 38.6 Å². The summed E-state index contributed by atoms with van der Waals surface area (Å²) in [7, 11) is 0. The quantitative estimate of drug-likeness (QED) is 0.634. The Hall–Kier alpha value is -0.650. The van der Waals surface area contributed by atoms with Gasteiger partial charge in [0.2, 0.25) is 0 Å². The van der Waals surface area contributed by atoms with Crippen molar-refractivity contribution < 1.29 is 0 Å². The minimum atomic E-state index is -0.0891. The van der Waals surface area contributed by atoms with Gasteiger partial charge in [0.25, 0.3) is 0 Å². The molecule has 1 atom stereocenters. The van der Waals surface area contributed by atoms with Gasteiger partial charge in [0.15, 0.2) is 0 Å². The van der Waals surface area contributed by atoms with E-state index < -0.39 is 0 Å². The van der Waals surface area contributed by atoms with Crippen molar-refractivity contribution in [1.29, 1.82) is 0 Å². The first-order valence-corrected chi connectivity index (χ1v) is 8.31. The number of rotatable bonds is 4. The van der Waals surface area contributed by atoms with Crippen LogP contribution in [0.3, 0.4) is 0 Å². The fourth-order valence-corrected chi connectivity index (χ4v) is 3.57. The largest absolute Gasteiger partial charge is 0.271 e. The molecule has 0 radical (unpaired) electrons. The number of nitrogens with one attached hydrogen (secondary N) is 1. The minimum Gasteiger partial charge on any atom is -0.271 e. The summed E-state index contributed by atoms with van der Waals surface area (Å²) in [6.07, 6.45) is 0.693. The Morgan fingerprint density at radius 3 is 2.57 bits per heavy atom. The second-order valence-electron chi connectivity index (χ2n) is 5.97. The molecule has 2 aromatic rings. The third kappa shape index (κ3) is 4.18. The molecule has 0 aliphatic rings. The molecule has 0 aliphatic heterocycles. The molecular weight excluding hydrogens is 325 g/mol. The van der Waals surface area contributed by atoms with E-state index in [-0.39, 0.29) is 11.5 Å². The van der Waals surface area contributed by atoms with E-state index in [2.05, 4.69) is 31.6 Å². The van der Waals surface area contributed by atoms with Crippen LogP contribution >= 0.6 is 34.5 Å². The lowest BCUT2D eigenvalue weighted by Gasteiger charge is -2.17. The van der Waals surface area contributed by atoms with Crippen LogP contribution in [0.1, 0.15) is 43.1 Å². The maximum absolute atomic E-state index is 6.25. The van der Waals surface area contributed by atoms with E-state index in [1.807, 2.05) is 12.1 Å². The molecule has 114 valence electrons. The highest BCUT2D eigenvalue weighted by Gasteiger charge is 2.20. The summed E-state index contributed by atoms with van der Waals surface area (Å²) in [6.45, 7) is 6.46. The van der Waals surface area contributed by atoms with Crippen LogP contribution in [0.4, 0.5) is 0 Å². The molecule has 21 heavy (non-hydrogen) atoms. The monoisotopic (exact) mass is 343 g/mol. The number of halogens is 2. The summed E-state index contributed by atoms with van der Waals surface area (Å²) < 4.78 is 0. The molecule has 0 bridgehead atoms. The van der Waals surface area contributed by atoms with E-state index in [1.165, 1.54) is 0 Å². The van der Waals surface area contributed by atoms with Crippen LogP contribution in [0.2, 0.25) is 10.0 Å². The Morgan fingerprint density at radius 2 is 2.05 bits per heavy atom. The topological polar surface area (TPSA) is 50.9 Å². The van der Waals surface area contributed by atoms with Gasteiger partial charge < -0.3 is 0 Å². The number of hydrazine groups is 1. The van der Waals surface area contributed by atoms with Crippen molar-refractivity contribution in [3.8, 4) is 0 Å².